The van der Waals surface area contributed by atoms with Crippen molar-refractivity contribution in [2.24, 2.45) is 7.05 Å². The molecule has 1 aromatic heterocycles. The quantitative estimate of drug-likeness (QED) is 0.596. The van der Waals surface area contributed by atoms with E-state index in [0.717, 1.165) is 0 Å². The van der Waals surface area contributed by atoms with Gasteiger partial charge in [0, 0.05) is 12.8 Å². The summed E-state index contributed by atoms with van der Waals surface area (Å²) in [4.78, 5) is 10.4. The summed E-state index contributed by atoms with van der Waals surface area (Å²) in [6, 6.07) is 0. The van der Waals surface area contributed by atoms with Gasteiger partial charge in [0.15, 0.2) is 5.16 Å². The van der Waals surface area contributed by atoms with Gasteiger partial charge >= 0.3 is 5.97 Å². The number of carbonyl (C=O) groups is 1. The average Bonchev–Trinajstić information content (AvgIpc) is 2.47. The first-order chi connectivity index (χ1) is 6.11. The minimum atomic E-state index is -1.02. The second-order valence-electron chi connectivity index (χ2n) is 2.34. The topological polar surface area (TPSA) is 68.0 Å². The second kappa shape index (κ2) is 4.48. The molecular formula is C6H8ClN3O2S. The molecule has 1 rings (SSSR count). The first-order valence-electron chi connectivity index (χ1n) is 3.45. The van der Waals surface area contributed by atoms with Crippen LogP contribution in [0.2, 0.25) is 0 Å². The lowest BCUT2D eigenvalue weighted by Crippen LogP contribution is -2.15. The van der Waals surface area contributed by atoms with Gasteiger partial charge in [-0.15, -0.1) is 21.8 Å². The monoisotopic (exact) mass is 221 g/mol. The molecule has 0 aromatic carbocycles. The molecule has 0 aliphatic heterocycles. The van der Waals surface area contributed by atoms with Crippen LogP contribution in [0.1, 0.15) is 0 Å². The van der Waals surface area contributed by atoms with Gasteiger partial charge in [0.25, 0.3) is 0 Å². The molecule has 13 heavy (non-hydrogen) atoms. The van der Waals surface area contributed by atoms with E-state index >= 15 is 0 Å². The van der Waals surface area contributed by atoms with E-state index in [2.05, 4.69) is 10.2 Å². The van der Waals surface area contributed by atoms with E-state index < -0.39 is 11.3 Å². The molecule has 0 aliphatic carbocycles. The van der Waals surface area contributed by atoms with Crippen LogP contribution in [0.15, 0.2) is 11.5 Å². The molecule has 7 heteroatoms. The fourth-order valence-corrected chi connectivity index (χ4v) is 1.60. The maximum Gasteiger partial charge on any atom is 0.322 e. The smallest absolute Gasteiger partial charge is 0.322 e. The van der Waals surface area contributed by atoms with E-state index in [1.807, 2.05) is 0 Å². The van der Waals surface area contributed by atoms with E-state index in [1.54, 1.807) is 17.9 Å². The summed E-state index contributed by atoms with van der Waals surface area (Å²) in [5.41, 5.74) is 0. The Morgan fingerprint density at radius 1 is 1.92 bits per heavy atom. The molecule has 72 valence electrons. The largest absolute Gasteiger partial charge is 0.480 e. The molecule has 0 saturated heterocycles. The first kappa shape index (κ1) is 10.3. The zero-order valence-corrected chi connectivity index (χ0v) is 8.42. The third-order valence-electron chi connectivity index (χ3n) is 1.30. The zero-order chi connectivity index (χ0) is 9.84. The second-order valence-corrected chi connectivity index (χ2v) is 3.86. The van der Waals surface area contributed by atoms with E-state index in [9.17, 15) is 4.79 Å². The Morgan fingerprint density at radius 3 is 3.08 bits per heavy atom. The lowest BCUT2D eigenvalue weighted by molar-refractivity contribution is -0.136. The van der Waals surface area contributed by atoms with Gasteiger partial charge in [-0.05, 0) is 0 Å². The summed E-state index contributed by atoms with van der Waals surface area (Å²) >= 11 is 6.77. The Morgan fingerprint density at radius 2 is 2.62 bits per heavy atom. The molecule has 0 amide bonds. The SMILES string of the molecule is Cn1cnnc1SCC(Cl)C(=O)O. The predicted octanol–water partition coefficient (Wildman–Crippen LogP) is 0.599. The van der Waals surface area contributed by atoms with Crippen LogP contribution in [0, 0.1) is 0 Å². The molecular weight excluding hydrogens is 214 g/mol. The van der Waals surface area contributed by atoms with Crippen molar-refractivity contribution in [1.29, 1.82) is 0 Å². The molecule has 1 N–H and O–H groups in total. The van der Waals surface area contributed by atoms with E-state index in [1.165, 1.54) is 11.8 Å². The molecule has 1 atom stereocenters. The maximum absolute atomic E-state index is 10.4. The standard InChI is InChI=1S/C6H8ClN3O2S/c1-10-3-8-9-6(10)13-2-4(7)5(11)12/h3-4H,2H2,1H3,(H,11,12). The highest BCUT2D eigenvalue weighted by Gasteiger charge is 2.14. The number of aromatic nitrogens is 3. The maximum atomic E-state index is 10.4. The molecule has 0 bridgehead atoms. The molecule has 5 nitrogen and oxygen atoms in total. The fraction of sp³-hybridized carbons (Fsp3) is 0.500. The summed E-state index contributed by atoms with van der Waals surface area (Å²) in [7, 11) is 1.78. The predicted molar refractivity (Wildman–Crippen MR) is 49.0 cm³/mol. The fourth-order valence-electron chi connectivity index (χ4n) is 0.622. The highest BCUT2D eigenvalue weighted by atomic mass is 35.5. The molecule has 0 fully saturated rings. The zero-order valence-electron chi connectivity index (χ0n) is 6.85. The van der Waals surface area contributed by atoms with Crippen LogP contribution >= 0.6 is 23.4 Å². The van der Waals surface area contributed by atoms with Gasteiger partial charge in [0.1, 0.15) is 11.7 Å². The average molecular weight is 222 g/mol. The van der Waals surface area contributed by atoms with E-state index in [0.29, 0.717) is 5.16 Å². The van der Waals surface area contributed by atoms with Crippen molar-refractivity contribution in [2.75, 3.05) is 5.75 Å². The highest BCUT2D eigenvalue weighted by molar-refractivity contribution is 7.99. The number of rotatable bonds is 4. The number of hydrogen-bond donors (Lipinski definition) is 1. The molecule has 1 heterocycles. The Hall–Kier alpha value is -0.750. The van der Waals surface area contributed by atoms with Crippen LogP contribution in [0.5, 0.6) is 0 Å². The van der Waals surface area contributed by atoms with Crippen LogP contribution in [0.25, 0.3) is 0 Å². The van der Waals surface area contributed by atoms with Crippen molar-refractivity contribution >= 4 is 29.3 Å². The van der Waals surface area contributed by atoms with Gasteiger partial charge in [0.05, 0.1) is 0 Å². The van der Waals surface area contributed by atoms with Crippen molar-refractivity contribution < 1.29 is 9.90 Å². The van der Waals surface area contributed by atoms with Crippen molar-refractivity contribution in [3.05, 3.63) is 6.33 Å². The van der Waals surface area contributed by atoms with Crippen LogP contribution in [-0.2, 0) is 11.8 Å². The van der Waals surface area contributed by atoms with Crippen LogP contribution in [0.3, 0.4) is 0 Å². The third kappa shape index (κ3) is 2.89. The normalized spacial score (nSPS) is 12.8. The number of alkyl halides is 1. The summed E-state index contributed by atoms with van der Waals surface area (Å²) in [5.74, 6) is -0.736. The van der Waals surface area contributed by atoms with Gasteiger partial charge < -0.3 is 9.67 Å². The number of thioether (sulfide) groups is 1. The van der Waals surface area contributed by atoms with E-state index in [-0.39, 0.29) is 5.75 Å². The van der Waals surface area contributed by atoms with Crippen LogP contribution < -0.4 is 0 Å². The molecule has 1 unspecified atom stereocenters. The highest BCUT2D eigenvalue weighted by Crippen LogP contribution is 2.16. The van der Waals surface area contributed by atoms with Gasteiger partial charge in [-0.1, -0.05) is 11.8 Å². The molecule has 0 saturated carbocycles. The molecule has 1 aromatic rings. The van der Waals surface area contributed by atoms with Gasteiger partial charge in [0.2, 0.25) is 0 Å². The van der Waals surface area contributed by atoms with Crippen LogP contribution in [-0.4, -0.2) is 37.0 Å². The Kier molecular flexibility index (Phi) is 3.56. The summed E-state index contributed by atoms with van der Waals surface area (Å²) in [5, 5.41) is 15.7. The number of halogens is 1. The lowest BCUT2D eigenvalue weighted by Gasteiger charge is -2.02. The number of aliphatic carboxylic acids is 1. The van der Waals surface area contributed by atoms with Gasteiger partial charge in [-0.3, -0.25) is 4.79 Å². The molecule has 0 radical (unpaired) electrons. The van der Waals surface area contributed by atoms with Crippen molar-refractivity contribution in [2.45, 2.75) is 10.5 Å². The minimum absolute atomic E-state index is 0.281. The number of aryl methyl sites for hydroxylation is 1. The van der Waals surface area contributed by atoms with E-state index in [4.69, 9.17) is 16.7 Å². The van der Waals surface area contributed by atoms with Crippen molar-refractivity contribution in [3.8, 4) is 0 Å². The van der Waals surface area contributed by atoms with Gasteiger partial charge in [-0.25, -0.2) is 0 Å². The first-order valence-corrected chi connectivity index (χ1v) is 4.87. The summed E-state index contributed by atoms with van der Waals surface area (Å²) in [6.07, 6.45) is 1.55. The van der Waals surface area contributed by atoms with Gasteiger partial charge in [-0.2, -0.15) is 0 Å². The van der Waals surface area contributed by atoms with Crippen LogP contribution in [0.4, 0.5) is 0 Å². The summed E-state index contributed by atoms with van der Waals surface area (Å²) in [6.45, 7) is 0. The molecule has 0 spiro atoms. The number of carboxylic acid groups (broad SMARTS) is 1. The minimum Gasteiger partial charge on any atom is -0.480 e. The van der Waals surface area contributed by atoms with Crippen molar-refractivity contribution in [1.82, 2.24) is 14.8 Å². The number of carboxylic acids is 1. The summed E-state index contributed by atoms with van der Waals surface area (Å²) < 4.78 is 1.70. The Balaban J connectivity index is 2.44. The third-order valence-corrected chi connectivity index (χ3v) is 2.95. The molecule has 0 aliphatic rings. The Bertz CT molecular complexity index is 304. The lowest BCUT2D eigenvalue weighted by atomic mass is 10.5. The number of hydrogen-bond acceptors (Lipinski definition) is 4. The Labute approximate surface area is 84.1 Å². The number of nitrogens with zero attached hydrogens (tertiary/aromatic N) is 3. The van der Waals surface area contributed by atoms with Crippen molar-refractivity contribution in [3.63, 3.8) is 0 Å².